The fourth-order valence-corrected chi connectivity index (χ4v) is 4.36. The van der Waals surface area contributed by atoms with E-state index in [1.165, 1.54) is 5.56 Å². The van der Waals surface area contributed by atoms with Crippen LogP contribution in [0.5, 0.6) is 0 Å². The van der Waals surface area contributed by atoms with E-state index in [0.29, 0.717) is 25.4 Å². The SMILES string of the molecule is Cc1ccc(CN2C(=O)CCC[C@@H]3CN(C(=O)c4ccccc4)C[C@@H]32)cc1. The molecule has 0 saturated carbocycles. The van der Waals surface area contributed by atoms with E-state index in [-0.39, 0.29) is 17.9 Å². The van der Waals surface area contributed by atoms with Crippen LogP contribution in [0.4, 0.5) is 0 Å². The van der Waals surface area contributed by atoms with Crippen LogP contribution in [0.2, 0.25) is 0 Å². The molecule has 4 rings (SSSR count). The van der Waals surface area contributed by atoms with E-state index in [1.54, 1.807) is 0 Å². The average Bonchev–Trinajstić information content (AvgIpc) is 3.05. The van der Waals surface area contributed by atoms with Crippen LogP contribution >= 0.6 is 0 Å². The van der Waals surface area contributed by atoms with Gasteiger partial charge in [0.25, 0.3) is 5.91 Å². The maximum absolute atomic E-state index is 12.9. The van der Waals surface area contributed by atoms with Gasteiger partial charge in [-0.2, -0.15) is 0 Å². The molecule has 27 heavy (non-hydrogen) atoms. The number of likely N-dealkylation sites (tertiary alicyclic amines) is 2. The van der Waals surface area contributed by atoms with Crippen LogP contribution in [0.1, 0.15) is 40.7 Å². The van der Waals surface area contributed by atoms with Crippen molar-refractivity contribution < 1.29 is 9.59 Å². The van der Waals surface area contributed by atoms with Gasteiger partial charge in [-0.1, -0.05) is 48.0 Å². The molecular weight excluding hydrogens is 336 g/mol. The molecule has 4 heteroatoms. The molecular formula is C23H26N2O2. The van der Waals surface area contributed by atoms with E-state index in [0.717, 1.165) is 30.5 Å². The summed E-state index contributed by atoms with van der Waals surface area (Å²) >= 11 is 0. The predicted molar refractivity (Wildman–Crippen MR) is 105 cm³/mol. The number of amides is 2. The van der Waals surface area contributed by atoms with Crippen molar-refractivity contribution in [2.45, 2.75) is 38.8 Å². The summed E-state index contributed by atoms with van der Waals surface area (Å²) < 4.78 is 0. The van der Waals surface area contributed by atoms with E-state index in [9.17, 15) is 9.59 Å². The Morgan fingerprint density at radius 2 is 1.78 bits per heavy atom. The number of rotatable bonds is 3. The van der Waals surface area contributed by atoms with Crippen molar-refractivity contribution in [3.8, 4) is 0 Å². The van der Waals surface area contributed by atoms with Crippen LogP contribution in [0.3, 0.4) is 0 Å². The van der Waals surface area contributed by atoms with Crippen LogP contribution in [-0.2, 0) is 11.3 Å². The number of fused-ring (bicyclic) bond motifs is 1. The first-order chi connectivity index (χ1) is 13.1. The van der Waals surface area contributed by atoms with Crippen molar-refractivity contribution in [1.82, 2.24) is 9.80 Å². The Morgan fingerprint density at radius 3 is 2.52 bits per heavy atom. The van der Waals surface area contributed by atoms with E-state index in [4.69, 9.17) is 0 Å². The molecule has 0 N–H and O–H groups in total. The molecule has 2 heterocycles. The van der Waals surface area contributed by atoms with Gasteiger partial charge in [0, 0.05) is 31.6 Å². The minimum absolute atomic E-state index is 0.0754. The number of carbonyl (C=O) groups is 2. The minimum Gasteiger partial charge on any atom is -0.336 e. The Kier molecular flexibility index (Phi) is 4.97. The summed E-state index contributed by atoms with van der Waals surface area (Å²) in [5, 5.41) is 0. The molecule has 0 radical (unpaired) electrons. The lowest BCUT2D eigenvalue weighted by atomic mass is 9.98. The van der Waals surface area contributed by atoms with Gasteiger partial charge in [-0.3, -0.25) is 9.59 Å². The maximum atomic E-state index is 12.9. The molecule has 2 fully saturated rings. The summed E-state index contributed by atoms with van der Waals surface area (Å²) in [5.74, 6) is 0.665. The van der Waals surface area contributed by atoms with E-state index < -0.39 is 0 Å². The van der Waals surface area contributed by atoms with Crippen molar-refractivity contribution in [3.63, 3.8) is 0 Å². The number of aryl methyl sites for hydroxylation is 1. The zero-order valence-electron chi connectivity index (χ0n) is 15.8. The molecule has 0 unspecified atom stereocenters. The summed E-state index contributed by atoms with van der Waals surface area (Å²) in [6, 6.07) is 18.0. The highest BCUT2D eigenvalue weighted by molar-refractivity contribution is 5.94. The standard InChI is InChI=1S/C23H26N2O2/c1-17-10-12-18(13-11-17)14-25-21-16-24(15-20(21)8-5-9-22(25)26)23(27)19-6-3-2-4-7-19/h2-4,6-7,10-13,20-21H,5,8-9,14-16H2,1H3/t20-,21+/m1/s1. The zero-order valence-corrected chi connectivity index (χ0v) is 15.8. The molecule has 2 saturated heterocycles. The fraction of sp³-hybridized carbons (Fsp3) is 0.391. The lowest BCUT2D eigenvalue weighted by Gasteiger charge is -2.30. The summed E-state index contributed by atoms with van der Waals surface area (Å²) in [6.07, 6.45) is 2.54. The lowest BCUT2D eigenvalue weighted by Crippen LogP contribution is -2.43. The minimum atomic E-state index is 0.0754. The van der Waals surface area contributed by atoms with Gasteiger partial charge in [0.1, 0.15) is 0 Å². The Balaban J connectivity index is 1.54. The summed E-state index contributed by atoms with van der Waals surface area (Å²) in [5.41, 5.74) is 3.10. The van der Waals surface area contributed by atoms with E-state index >= 15 is 0 Å². The second-order valence-corrected chi connectivity index (χ2v) is 7.80. The van der Waals surface area contributed by atoms with Gasteiger partial charge in [-0.05, 0) is 43.4 Å². The zero-order chi connectivity index (χ0) is 18.8. The monoisotopic (exact) mass is 362 g/mol. The third kappa shape index (κ3) is 3.75. The van der Waals surface area contributed by atoms with Crippen molar-refractivity contribution in [1.29, 1.82) is 0 Å². The molecule has 2 amide bonds. The summed E-state index contributed by atoms with van der Waals surface area (Å²) in [6.45, 7) is 4.08. The van der Waals surface area contributed by atoms with Gasteiger partial charge in [0.2, 0.25) is 5.91 Å². The van der Waals surface area contributed by atoms with Crippen molar-refractivity contribution >= 4 is 11.8 Å². The van der Waals surface area contributed by atoms with Crippen LogP contribution in [0.25, 0.3) is 0 Å². The quantitative estimate of drug-likeness (QED) is 0.836. The topological polar surface area (TPSA) is 40.6 Å². The molecule has 0 spiro atoms. The second-order valence-electron chi connectivity index (χ2n) is 7.80. The second kappa shape index (κ2) is 7.55. The molecule has 0 aromatic heterocycles. The van der Waals surface area contributed by atoms with Crippen molar-refractivity contribution in [2.24, 2.45) is 5.92 Å². The summed E-state index contributed by atoms with van der Waals surface area (Å²) in [4.78, 5) is 29.6. The van der Waals surface area contributed by atoms with E-state index in [2.05, 4.69) is 31.2 Å². The lowest BCUT2D eigenvalue weighted by molar-refractivity contribution is -0.133. The average molecular weight is 362 g/mol. The summed E-state index contributed by atoms with van der Waals surface area (Å²) in [7, 11) is 0. The molecule has 4 nitrogen and oxygen atoms in total. The third-order valence-corrected chi connectivity index (χ3v) is 5.87. The van der Waals surface area contributed by atoms with Gasteiger partial charge < -0.3 is 9.80 Å². The number of benzene rings is 2. The van der Waals surface area contributed by atoms with Crippen LogP contribution in [-0.4, -0.2) is 40.7 Å². The highest BCUT2D eigenvalue weighted by atomic mass is 16.2. The largest absolute Gasteiger partial charge is 0.336 e. The Labute approximate surface area is 160 Å². The van der Waals surface area contributed by atoms with Gasteiger partial charge in [0.15, 0.2) is 0 Å². The number of hydrogen-bond donors (Lipinski definition) is 0. The smallest absolute Gasteiger partial charge is 0.253 e. The number of hydrogen-bond acceptors (Lipinski definition) is 2. The van der Waals surface area contributed by atoms with Gasteiger partial charge in [0.05, 0.1) is 6.04 Å². The van der Waals surface area contributed by atoms with E-state index in [1.807, 2.05) is 40.1 Å². The predicted octanol–water partition coefficient (Wildman–Crippen LogP) is 3.65. The van der Waals surface area contributed by atoms with Crippen LogP contribution in [0, 0.1) is 12.8 Å². The van der Waals surface area contributed by atoms with Crippen LogP contribution in [0.15, 0.2) is 54.6 Å². The molecule has 2 aromatic carbocycles. The molecule has 140 valence electrons. The van der Waals surface area contributed by atoms with Gasteiger partial charge >= 0.3 is 0 Å². The van der Waals surface area contributed by atoms with Crippen LogP contribution < -0.4 is 0 Å². The Morgan fingerprint density at radius 1 is 1.04 bits per heavy atom. The van der Waals surface area contributed by atoms with Gasteiger partial charge in [-0.25, -0.2) is 0 Å². The molecule has 2 aromatic rings. The van der Waals surface area contributed by atoms with Gasteiger partial charge in [-0.15, -0.1) is 0 Å². The normalized spacial score (nSPS) is 22.5. The van der Waals surface area contributed by atoms with Crippen molar-refractivity contribution in [2.75, 3.05) is 13.1 Å². The Bertz CT molecular complexity index is 816. The van der Waals surface area contributed by atoms with Crippen molar-refractivity contribution in [3.05, 3.63) is 71.3 Å². The molecule has 0 bridgehead atoms. The molecule has 2 atom stereocenters. The first kappa shape index (κ1) is 17.8. The first-order valence-corrected chi connectivity index (χ1v) is 9.81. The fourth-order valence-electron chi connectivity index (χ4n) is 4.36. The number of nitrogens with zero attached hydrogens (tertiary/aromatic N) is 2. The molecule has 2 aliphatic rings. The molecule has 0 aliphatic carbocycles. The highest BCUT2D eigenvalue weighted by Crippen LogP contribution is 2.32. The third-order valence-electron chi connectivity index (χ3n) is 5.87. The Hall–Kier alpha value is -2.62. The first-order valence-electron chi connectivity index (χ1n) is 9.81. The number of carbonyl (C=O) groups excluding carboxylic acids is 2. The molecule has 2 aliphatic heterocycles. The maximum Gasteiger partial charge on any atom is 0.253 e. The highest BCUT2D eigenvalue weighted by Gasteiger charge is 2.41.